The van der Waals surface area contributed by atoms with Gasteiger partial charge in [0.2, 0.25) is 0 Å². The highest BCUT2D eigenvalue weighted by atomic mass is 16.5. The molecule has 20 heavy (non-hydrogen) atoms. The highest BCUT2D eigenvalue weighted by molar-refractivity contribution is 5.77. The van der Waals surface area contributed by atoms with E-state index in [1.165, 1.54) is 11.1 Å². The summed E-state index contributed by atoms with van der Waals surface area (Å²) in [4.78, 5) is 14.0. The fraction of sp³-hybridized carbons (Fsp3) is 0.438. The van der Waals surface area contributed by atoms with Gasteiger partial charge in [0.05, 0.1) is 12.6 Å². The molecule has 1 fully saturated rings. The topological polar surface area (TPSA) is 41.6 Å². The van der Waals surface area contributed by atoms with Gasteiger partial charge in [0.25, 0.3) is 0 Å². The monoisotopic (exact) mass is 272 g/mol. The van der Waals surface area contributed by atoms with E-state index >= 15 is 0 Å². The number of ether oxygens (including phenoxy) is 1. The third-order valence-corrected chi connectivity index (χ3v) is 3.90. The summed E-state index contributed by atoms with van der Waals surface area (Å²) in [5, 5.41) is 3.04. The van der Waals surface area contributed by atoms with Crippen molar-refractivity contribution in [2.24, 2.45) is 0 Å². The van der Waals surface area contributed by atoms with Gasteiger partial charge in [-0.25, -0.2) is 4.79 Å². The molecule has 1 atom stereocenters. The highest BCUT2D eigenvalue weighted by Crippen LogP contribution is 2.22. The van der Waals surface area contributed by atoms with Crippen molar-refractivity contribution in [3.05, 3.63) is 42.0 Å². The average molecular weight is 272 g/mol. The summed E-state index contributed by atoms with van der Waals surface area (Å²) in [5.41, 5.74) is 2.59. The number of carbonyl (C=O) groups excluding carboxylic acids is 1. The molecule has 2 aliphatic rings. The minimum atomic E-state index is 0.0314. The van der Waals surface area contributed by atoms with E-state index in [1.807, 2.05) is 11.0 Å². The van der Waals surface area contributed by atoms with Gasteiger partial charge >= 0.3 is 6.03 Å². The minimum absolute atomic E-state index is 0.0314. The van der Waals surface area contributed by atoms with Crippen LogP contribution in [0, 0.1) is 0 Å². The van der Waals surface area contributed by atoms with Crippen LogP contribution in [0.2, 0.25) is 0 Å². The number of urea groups is 1. The Morgan fingerprint density at radius 2 is 2.15 bits per heavy atom. The molecule has 4 nitrogen and oxygen atoms in total. The molecule has 2 aliphatic heterocycles. The van der Waals surface area contributed by atoms with Crippen LogP contribution in [-0.2, 0) is 4.74 Å². The number of nitrogens with one attached hydrogen (secondary N) is 1. The third kappa shape index (κ3) is 3.02. The van der Waals surface area contributed by atoms with Crippen molar-refractivity contribution in [1.82, 2.24) is 10.2 Å². The first kappa shape index (κ1) is 13.2. The molecule has 1 unspecified atom stereocenters. The summed E-state index contributed by atoms with van der Waals surface area (Å²) in [6.07, 6.45) is 3.99. The van der Waals surface area contributed by atoms with Gasteiger partial charge in [0.1, 0.15) is 0 Å². The number of carbonyl (C=O) groups is 1. The van der Waals surface area contributed by atoms with Crippen LogP contribution in [0.25, 0.3) is 5.57 Å². The van der Waals surface area contributed by atoms with Gasteiger partial charge in [0, 0.05) is 19.7 Å². The number of hydrogen-bond donors (Lipinski definition) is 1. The smallest absolute Gasteiger partial charge is 0.317 e. The Morgan fingerprint density at radius 3 is 2.80 bits per heavy atom. The van der Waals surface area contributed by atoms with Crippen LogP contribution >= 0.6 is 0 Å². The lowest BCUT2D eigenvalue weighted by atomic mass is 10.00. The second-order valence-corrected chi connectivity index (χ2v) is 5.30. The van der Waals surface area contributed by atoms with Crippen molar-refractivity contribution in [2.75, 3.05) is 26.3 Å². The van der Waals surface area contributed by atoms with E-state index < -0.39 is 0 Å². The standard InChI is InChI=1S/C16H20N2O2/c19-16(17-15-8-11-20-12-15)18-9-6-14(7-10-18)13-4-2-1-3-5-13/h1-6,15H,7-12H2,(H,17,19). The molecule has 4 heteroatoms. The summed E-state index contributed by atoms with van der Waals surface area (Å²) >= 11 is 0. The van der Waals surface area contributed by atoms with E-state index in [2.05, 4.69) is 35.7 Å². The number of amides is 2. The molecular weight excluding hydrogens is 252 g/mol. The quantitative estimate of drug-likeness (QED) is 0.897. The van der Waals surface area contributed by atoms with E-state index in [0.717, 1.165) is 26.0 Å². The maximum absolute atomic E-state index is 12.1. The first-order valence-electron chi connectivity index (χ1n) is 7.20. The molecular formula is C16H20N2O2. The Labute approximate surface area is 119 Å². The largest absolute Gasteiger partial charge is 0.379 e. The molecule has 106 valence electrons. The van der Waals surface area contributed by atoms with E-state index in [9.17, 15) is 4.79 Å². The summed E-state index contributed by atoms with van der Waals surface area (Å²) in [7, 11) is 0. The molecule has 0 saturated carbocycles. The lowest BCUT2D eigenvalue weighted by molar-refractivity contribution is 0.180. The maximum atomic E-state index is 12.1. The summed E-state index contributed by atoms with van der Waals surface area (Å²) in [5.74, 6) is 0. The number of hydrogen-bond acceptors (Lipinski definition) is 2. The van der Waals surface area contributed by atoms with E-state index in [1.54, 1.807) is 0 Å². The van der Waals surface area contributed by atoms with Crippen molar-refractivity contribution >= 4 is 11.6 Å². The van der Waals surface area contributed by atoms with Crippen LogP contribution < -0.4 is 5.32 Å². The summed E-state index contributed by atoms with van der Waals surface area (Å²) in [6.45, 7) is 2.86. The first-order valence-corrected chi connectivity index (χ1v) is 7.20. The third-order valence-electron chi connectivity index (χ3n) is 3.90. The van der Waals surface area contributed by atoms with Gasteiger partial charge in [-0.3, -0.25) is 0 Å². The van der Waals surface area contributed by atoms with Gasteiger partial charge in [0.15, 0.2) is 0 Å². The molecule has 2 amide bonds. The van der Waals surface area contributed by atoms with E-state index in [-0.39, 0.29) is 12.1 Å². The molecule has 1 N–H and O–H groups in total. The van der Waals surface area contributed by atoms with Gasteiger partial charge in [-0.2, -0.15) is 0 Å². The van der Waals surface area contributed by atoms with Crippen molar-refractivity contribution in [3.8, 4) is 0 Å². The van der Waals surface area contributed by atoms with Gasteiger partial charge < -0.3 is 15.0 Å². The van der Waals surface area contributed by atoms with Crippen molar-refractivity contribution in [2.45, 2.75) is 18.9 Å². The minimum Gasteiger partial charge on any atom is -0.379 e. The van der Waals surface area contributed by atoms with Crippen LogP contribution in [0.1, 0.15) is 18.4 Å². The number of rotatable bonds is 2. The van der Waals surface area contributed by atoms with Gasteiger partial charge in [-0.05, 0) is 24.0 Å². The van der Waals surface area contributed by atoms with Gasteiger partial charge in [-0.1, -0.05) is 36.4 Å². The fourth-order valence-corrected chi connectivity index (χ4v) is 2.68. The fourth-order valence-electron chi connectivity index (χ4n) is 2.68. The molecule has 1 aromatic rings. The van der Waals surface area contributed by atoms with Crippen LogP contribution in [-0.4, -0.2) is 43.3 Å². The zero-order valence-electron chi connectivity index (χ0n) is 11.5. The Kier molecular flexibility index (Phi) is 4.02. The Hall–Kier alpha value is -1.81. The molecule has 0 bridgehead atoms. The van der Waals surface area contributed by atoms with Crippen LogP contribution in [0.15, 0.2) is 36.4 Å². The molecule has 0 aromatic heterocycles. The normalized spacial score (nSPS) is 22.5. The Morgan fingerprint density at radius 1 is 1.30 bits per heavy atom. The lowest BCUT2D eigenvalue weighted by Crippen LogP contribution is -2.46. The zero-order valence-corrected chi connectivity index (χ0v) is 11.5. The second-order valence-electron chi connectivity index (χ2n) is 5.30. The lowest BCUT2D eigenvalue weighted by Gasteiger charge is -2.28. The Bertz CT molecular complexity index is 492. The number of nitrogens with zero attached hydrogens (tertiary/aromatic N) is 1. The summed E-state index contributed by atoms with van der Waals surface area (Å²) in [6, 6.07) is 10.6. The molecule has 0 radical (unpaired) electrons. The zero-order chi connectivity index (χ0) is 13.8. The van der Waals surface area contributed by atoms with Crippen molar-refractivity contribution in [3.63, 3.8) is 0 Å². The van der Waals surface area contributed by atoms with E-state index in [0.29, 0.717) is 13.2 Å². The highest BCUT2D eigenvalue weighted by Gasteiger charge is 2.22. The molecule has 1 aromatic carbocycles. The van der Waals surface area contributed by atoms with E-state index in [4.69, 9.17) is 4.74 Å². The van der Waals surface area contributed by atoms with Crippen LogP contribution in [0.5, 0.6) is 0 Å². The SMILES string of the molecule is O=C(NC1CCOC1)N1CC=C(c2ccccc2)CC1. The Balaban J connectivity index is 1.57. The summed E-state index contributed by atoms with van der Waals surface area (Å²) < 4.78 is 5.28. The predicted octanol–water partition coefficient (Wildman–Crippen LogP) is 2.27. The average Bonchev–Trinajstić information content (AvgIpc) is 3.01. The molecule has 0 spiro atoms. The van der Waals surface area contributed by atoms with Crippen molar-refractivity contribution in [1.29, 1.82) is 0 Å². The molecule has 2 heterocycles. The van der Waals surface area contributed by atoms with Crippen molar-refractivity contribution < 1.29 is 9.53 Å². The predicted molar refractivity (Wildman–Crippen MR) is 78.4 cm³/mol. The number of benzene rings is 1. The second kappa shape index (κ2) is 6.09. The van der Waals surface area contributed by atoms with Gasteiger partial charge in [-0.15, -0.1) is 0 Å². The first-order chi connectivity index (χ1) is 9.83. The molecule has 1 saturated heterocycles. The van der Waals surface area contributed by atoms with Crippen LogP contribution in [0.4, 0.5) is 4.79 Å². The van der Waals surface area contributed by atoms with Crippen LogP contribution in [0.3, 0.4) is 0 Å². The molecule has 0 aliphatic carbocycles. The maximum Gasteiger partial charge on any atom is 0.317 e. The molecule has 3 rings (SSSR count).